The zero-order chi connectivity index (χ0) is 12.3. The van der Waals surface area contributed by atoms with Crippen LogP contribution in [0, 0.1) is 3.57 Å². The van der Waals surface area contributed by atoms with Gasteiger partial charge in [-0.1, -0.05) is 12.1 Å². The van der Waals surface area contributed by atoms with Gasteiger partial charge < -0.3 is 10.4 Å². The van der Waals surface area contributed by atoms with Crippen molar-refractivity contribution in [1.82, 2.24) is 9.97 Å². The Morgan fingerprint density at radius 1 is 1.24 bits per heavy atom. The summed E-state index contributed by atoms with van der Waals surface area (Å²) in [5, 5.41) is 11.7. The van der Waals surface area contributed by atoms with Crippen LogP contribution in [0.15, 0.2) is 36.7 Å². The molecule has 0 saturated carbocycles. The van der Waals surface area contributed by atoms with Gasteiger partial charge in [-0.15, -0.1) is 0 Å². The number of hydrogen-bond acceptors (Lipinski definition) is 4. The number of aromatic carboxylic acids is 1. The van der Waals surface area contributed by atoms with Gasteiger partial charge >= 0.3 is 5.97 Å². The van der Waals surface area contributed by atoms with E-state index in [9.17, 15) is 4.79 Å². The SMILES string of the molecule is O=C(O)c1cnc(Nc2ccccc2I)cn1. The summed E-state index contributed by atoms with van der Waals surface area (Å²) in [5.41, 5.74) is 0.837. The molecule has 0 saturated heterocycles. The van der Waals surface area contributed by atoms with Crippen molar-refractivity contribution in [2.45, 2.75) is 0 Å². The molecule has 0 radical (unpaired) electrons. The van der Waals surface area contributed by atoms with E-state index < -0.39 is 5.97 Å². The first kappa shape index (κ1) is 11.8. The predicted molar refractivity (Wildman–Crippen MR) is 71.4 cm³/mol. The first-order valence-electron chi connectivity index (χ1n) is 4.74. The third kappa shape index (κ3) is 2.90. The number of nitrogens with one attached hydrogen (secondary N) is 1. The fourth-order valence-electron chi connectivity index (χ4n) is 1.20. The smallest absolute Gasteiger partial charge is 0.356 e. The Balaban J connectivity index is 2.20. The molecule has 1 aromatic carbocycles. The summed E-state index contributed by atoms with van der Waals surface area (Å²) in [6.07, 6.45) is 2.62. The van der Waals surface area contributed by atoms with Crippen molar-refractivity contribution in [3.8, 4) is 0 Å². The number of aromatic nitrogens is 2. The first-order chi connectivity index (χ1) is 8.16. The first-order valence-corrected chi connectivity index (χ1v) is 5.81. The van der Waals surface area contributed by atoms with Gasteiger partial charge in [0.15, 0.2) is 5.69 Å². The van der Waals surface area contributed by atoms with Gasteiger partial charge in [-0.25, -0.2) is 14.8 Å². The fraction of sp³-hybridized carbons (Fsp3) is 0. The number of carboxylic acids is 1. The number of carbonyl (C=O) groups is 1. The fourth-order valence-corrected chi connectivity index (χ4v) is 1.73. The Bertz CT molecular complexity index is 543. The molecule has 0 aliphatic heterocycles. The molecule has 0 amide bonds. The third-order valence-corrected chi connectivity index (χ3v) is 2.95. The highest BCUT2D eigenvalue weighted by atomic mass is 127. The Kier molecular flexibility index (Phi) is 3.52. The largest absolute Gasteiger partial charge is 0.476 e. The van der Waals surface area contributed by atoms with Crippen LogP contribution in [0.4, 0.5) is 11.5 Å². The molecule has 2 rings (SSSR count). The van der Waals surface area contributed by atoms with Crippen molar-refractivity contribution in [3.05, 3.63) is 45.9 Å². The van der Waals surface area contributed by atoms with Crippen molar-refractivity contribution < 1.29 is 9.90 Å². The zero-order valence-electron chi connectivity index (χ0n) is 8.59. The lowest BCUT2D eigenvalue weighted by Gasteiger charge is -2.06. The highest BCUT2D eigenvalue weighted by molar-refractivity contribution is 14.1. The van der Waals surface area contributed by atoms with E-state index in [1.165, 1.54) is 12.4 Å². The minimum atomic E-state index is -1.08. The second-order valence-electron chi connectivity index (χ2n) is 3.20. The average molecular weight is 341 g/mol. The van der Waals surface area contributed by atoms with E-state index in [-0.39, 0.29) is 5.69 Å². The lowest BCUT2D eigenvalue weighted by atomic mass is 10.3. The molecule has 2 N–H and O–H groups in total. The zero-order valence-corrected chi connectivity index (χ0v) is 10.7. The molecule has 1 heterocycles. The summed E-state index contributed by atoms with van der Waals surface area (Å²) >= 11 is 2.20. The second-order valence-corrected chi connectivity index (χ2v) is 4.36. The van der Waals surface area contributed by atoms with Crippen molar-refractivity contribution >= 4 is 40.1 Å². The Morgan fingerprint density at radius 3 is 2.59 bits per heavy atom. The van der Waals surface area contributed by atoms with Crippen LogP contribution in [0.25, 0.3) is 0 Å². The Labute approximate surface area is 111 Å². The van der Waals surface area contributed by atoms with Crippen LogP contribution in [0.2, 0.25) is 0 Å². The van der Waals surface area contributed by atoms with E-state index in [0.29, 0.717) is 5.82 Å². The lowest BCUT2D eigenvalue weighted by Crippen LogP contribution is -2.03. The van der Waals surface area contributed by atoms with Gasteiger partial charge in [0.05, 0.1) is 18.1 Å². The number of benzene rings is 1. The van der Waals surface area contributed by atoms with Gasteiger partial charge in [0.2, 0.25) is 0 Å². The molecule has 5 nitrogen and oxygen atoms in total. The summed E-state index contributed by atoms with van der Waals surface area (Å²) in [5.74, 6) is -0.572. The Hall–Kier alpha value is -1.70. The molecule has 0 fully saturated rings. The molecular weight excluding hydrogens is 333 g/mol. The van der Waals surface area contributed by atoms with Crippen LogP contribution in [0.5, 0.6) is 0 Å². The maximum absolute atomic E-state index is 10.6. The highest BCUT2D eigenvalue weighted by Gasteiger charge is 2.05. The van der Waals surface area contributed by atoms with E-state index in [1.54, 1.807) is 0 Å². The number of rotatable bonds is 3. The van der Waals surface area contributed by atoms with E-state index >= 15 is 0 Å². The number of para-hydroxylation sites is 1. The highest BCUT2D eigenvalue weighted by Crippen LogP contribution is 2.20. The van der Waals surface area contributed by atoms with Crippen LogP contribution in [-0.2, 0) is 0 Å². The van der Waals surface area contributed by atoms with Gasteiger partial charge in [0.25, 0.3) is 0 Å². The molecule has 6 heteroatoms. The van der Waals surface area contributed by atoms with E-state index in [2.05, 4.69) is 37.9 Å². The maximum atomic E-state index is 10.6. The molecule has 0 aliphatic rings. The Morgan fingerprint density at radius 2 is 2.00 bits per heavy atom. The van der Waals surface area contributed by atoms with Crippen LogP contribution >= 0.6 is 22.6 Å². The third-order valence-electron chi connectivity index (χ3n) is 2.01. The number of anilines is 2. The number of hydrogen-bond donors (Lipinski definition) is 2. The number of halogens is 1. The molecule has 0 aliphatic carbocycles. The molecule has 2 aromatic rings. The van der Waals surface area contributed by atoms with Crippen molar-refractivity contribution in [2.24, 2.45) is 0 Å². The summed E-state index contributed by atoms with van der Waals surface area (Å²) in [6, 6.07) is 7.71. The van der Waals surface area contributed by atoms with E-state index in [4.69, 9.17) is 5.11 Å². The summed E-state index contributed by atoms with van der Waals surface area (Å²) in [7, 11) is 0. The maximum Gasteiger partial charge on any atom is 0.356 e. The molecule has 17 heavy (non-hydrogen) atoms. The summed E-state index contributed by atoms with van der Waals surface area (Å²) in [4.78, 5) is 18.4. The summed E-state index contributed by atoms with van der Waals surface area (Å²) < 4.78 is 1.05. The van der Waals surface area contributed by atoms with Crippen LogP contribution in [-0.4, -0.2) is 21.0 Å². The van der Waals surface area contributed by atoms with Crippen LogP contribution in [0.3, 0.4) is 0 Å². The van der Waals surface area contributed by atoms with Gasteiger partial charge in [-0.2, -0.15) is 0 Å². The van der Waals surface area contributed by atoms with Gasteiger partial charge in [-0.05, 0) is 34.7 Å². The average Bonchev–Trinajstić information content (AvgIpc) is 2.33. The van der Waals surface area contributed by atoms with E-state index in [0.717, 1.165) is 9.26 Å². The standard InChI is InChI=1S/C11H8IN3O2/c12-7-3-1-2-4-8(7)15-10-6-13-9(5-14-10)11(16)17/h1-6H,(H,14,15)(H,16,17). The van der Waals surface area contributed by atoms with E-state index in [1.807, 2.05) is 24.3 Å². The quantitative estimate of drug-likeness (QED) is 0.840. The van der Waals surface area contributed by atoms with Crippen molar-refractivity contribution in [3.63, 3.8) is 0 Å². The normalized spacial score (nSPS) is 9.94. The van der Waals surface area contributed by atoms with Gasteiger partial charge in [0, 0.05) is 3.57 Å². The minimum absolute atomic E-state index is 0.0710. The van der Waals surface area contributed by atoms with Crippen LogP contribution < -0.4 is 5.32 Å². The number of nitrogens with zero attached hydrogens (tertiary/aromatic N) is 2. The van der Waals surface area contributed by atoms with Crippen LogP contribution in [0.1, 0.15) is 10.5 Å². The van der Waals surface area contributed by atoms with Gasteiger partial charge in [-0.3, -0.25) is 0 Å². The lowest BCUT2D eigenvalue weighted by molar-refractivity contribution is 0.0690. The summed E-state index contributed by atoms with van der Waals surface area (Å²) in [6.45, 7) is 0. The second kappa shape index (κ2) is 5.09. The van der Waals surface area contributed by atoms with Gasteiger partial charge in [0.1, 0.15) is 5.82 Å². The van der Waals surface area contributed by atoms with Crippen molar-refractivity contribution in [1.29, 1.82) is 0 Å². The minimum Gasteiger partial charge on any atom is -0.476 e. The number of carboxylic acid groups (broad SMARTS) is 1. The predicted octanol–water partition coefficient (Wildman–Crippen LogP) is 2.52. The molecular formula is C11H8IN3O2. The molecule has 0 unspecified atom stereocenters. The topological polar surface area (TPSA) is 75.1 Å². The molecule has 1 aromatic heterocycles. The molecule has 0 spiro atoms. The monoisotopic (exact) mass is 341 g/mol. The molecule has 86 valence electrons. The molecule has 0 atom stereocenters. The molecule has 0 bridgehead atoms. The van der Waals surface area contributed by atoms with Crippen molar-refractivity contribution in [2.75, 3.05) is 5.32 Å².